The van der Waals surface area contributed by atoms with Crippen molar-refractivity contribution in [3.05, 3.63) is 35.5 Å². The summed E-state index contributed by atoms with van der Waals surface area (Å²) >= 11 is 0. The Labute approximate surface area is 163 Å². The number of nitrogens with one attached hydrogen (secondary N) is 3. The maximum absolute atomic E-state index is 9.29. The van der Waals surface area contributed by atoms with Crippen LogP contribution >= 0.6 is 0 Å². The van der Waals surface area contributed by atoms with Gasteiger partial charge in [-0.05, 0) is 56.1 Å². The Bertz CT molecular complexity index is 720. The van der Waals surface area contributed by atoms with Gasteiger partial charge in [-0.2, -0.15) is 0 Å². The van der Waals surface area contributed by atoms with E-state index in [0.717, 1.165) is 44.9 Å². The van der Waals surface area contributed by atoms with E-state index in [0.29, 0.717) is 11.8 Å². The van der Waals surface area contributed by atoms with E-state index in [-0.39, 0.29) is 6.61 Å². The van der Waals surface area contributed by atoms with E-state index < -0.39 is 0 Å². The van der Waals surface area contributed by atoms with Crippen molar-refractivity contribution >= 4 is 16.9 Å². The smallest absolute Gasteiger partial charge is 0.191 e. The first-order valence-electron chi connectivity index (χ1n) is 10.2. The molecular formula is C22H36N4O. The molecule has 5 heteroatoms. The molecule has 0 saturated heterocycles. The largest absolute Gasteiger partial charge is 0.396 e. The minimum atomic E-state index is 0.233. The number of nitrogens with zero attached hydrogens (tertiary/aromatic N) is 1. The van der Waals surface area contributed by atoms with Gasteiger partial charge >= 0.3 is 0 Å². The van der Waals surface area contributed by atoms with Gasteiger partial charge in [0.15, 0.2) is 5.96 Å². The summed E-state index contributed by atoms with van der Waals surface area (Å²) in [6.07, 6.45) is 4.97. The summed E-state index contributed by atoms with van der Waals surface area (Å²) in [7, 11) is 0. The van der Waals surface area contributed by atoms with Crippen molar-refractivity contribution in [3.8, 4) is 0 Å². The van der Waals surface area contributed by atoms with E-state index in [2.05, 4.69) is 67.7 Å². The van der Waals surface area contributed by atoms with Crippen molar-refractivity contribution in [2.75, 3.05) is 26.2 Å². The van der Waals surface area contributed by atoms with Gasteiger partial charge in [-0.15, -0.1) is 0 Å². The van der Waals surface area contributed by atoms with Crippen molar-refractivity contribution in [2.45, 2.75) is 47.0 Å². The highest BCUT2D eigenvalue weighted by atomic mass is 16.3. The Morgan fingerprint density at radius 1 is 1.26 bits per heavy atom. The lowest BCUT2D eigenvalue weighted by atomic mass is 9.94. The zero-order chi connectivity index (χ0) is 19.6. The zero-order valence-electron chi connectivity index (χ0n) is 17.3. The fraction of sp³-hybridized carbons (Fsp3) is 0.591. The summed E-state index contributed by atoms with van der Waals surface area (Å²) in [5.74, 6) is 1.92. The molecule has 5 nitrogen and oxygen atoms in total. The summed E-state index contributed by atoms with van der Waals surface area (Å²) in [4.78, 5) is 8.15. The fourth-order valence-electron chi connectivity index (χ4n) is 3.58. The summed E-state index contributed by atoms with van der Waals surface area (Å²) in [5.41, 5.74) is 3.84. The van der Waals surface area contributed by atoms with E-state index in [9.17, 15) is 5.11 Å². The van der Waals surface area contributed by atoms with Crippen LogP contribution in [0.4, 0.5) is 0 Å². The lowest BCUT2D eigenvalue weighted by Gasteiger charge is -2.17. The number of aromatic amines is 1. The molecule has 1 atom stereocenters. The van der Waals surface area contributed by atoms with Gasteiger partial charge < -0.3 is 20.7 Å². The monoisotopic (exact) mass is 372 g/mol. The molecule has 27 heavy (non-hydrogen) atoms. The van der Waals surface area contributed by atoms with E-state index in [1.54, 1.807) is 0 Å². The standard InChI is InChI=1S/C22H36N4O/c1-5-23-22(26-14-18(10-12-27)13-16(2)3)24-11-9-19-15-25-21-17(4)7-6-8-20(19)21/h6-8,15-16,18,25,27H,5,9-14H2,1-4H3,(H2,23,24,26). The molecular weight excluding hydrogens is 336 g/mol. The summed E-state index contributed by atoms with van der Waals surface area (Å²) < 4.78 is 0. The molecule has 0 spiro atoms. The van der Waals surface area contributed by atoms with Crippen LogP contribution in [0.15, 0.2) is 29.4 Å². The molecule has 0 aliphatic heterocycles. The highest BCUT2D eigenvalue weighted by molar-refractivity contribution is 5.86. The van der Waals surface area contributed by atoms with E-state index in [4.69, 9.17) is 4.99 Å². The molecule has 1 unspecified atom stereocenters. The molecule has 0 radical (unpaired) electrons. The third kappa shape index (κ3) is 6.58. The van der Waals surface area contributed by atoms with Crippen LogP contribution in [0.3, 0.4) is 0 Å². The molecule has 0 bridgehead atoms. The second-order valence-electron chi connectivity index (χ2n) is 7.72. The molecule has 1 aromatic carbocycles. The van der Waals surface area contributed by atoms with Crippen molar-refractivity contribution in [1.82, 2.24) is 15.6 Å². The normalized spacial score (nSPS) is 13.3. The number of hydrogen-bond donors (Lipinski definition) is 4. The second kappa shape index (κ2) is 11.0. The minimum absolute atomic E-state index is 0.233. The molecule has 0 amide bonds. The highest BCUT2D eigenvalue weighted by Gasteiger charge is 2.11. The lowest BCUT2D eigenvalue weighted by molar-refractivity contribution is 0.245. The highest BCUT2D eigenvalue weighted by Crippen LogP contribution is 2.21. The van der Waals surface area contributed by atoms with Gasteiger partial charge in [0.1, 0.15) is 0 Å². The van der Waals surface area contributed by atoms with Gasteiger partial charge in [-0.3, -0.25) is 4.99 Å². The molecule has 0 fully saturated rings. The van der Waals surface area contributed by atoms with Crippen LogP contribution in [0, 0.1) is 18.8 Å². The molecule has 4 N–H and O–H groups in total. The molecule has 1 aromatic heterocycles. The van der Waals surface area contributed by atoms with Crippen LogP contribution in [-0.4, -0.2) is 42.3 Å². The number of aliphatic imine (C=N–C) groups is 1. The van der Waals surface area contributed by atoms with Crippen molar-refractivity contribution in [2.24, 2.45) is 16.8 Å². The molecule has 2 rings (SSSR count). The number of aryl methyl sites for hydroxylation is 1. The number of rotatable bonds is 10. The number of aliphatic hydroxyl groups excluding tert-OH is 1. The Balaban J connectivity index is 1.93. The van der Waals surface area contributed by atoms with Crippen LogP contribution < -0.4 is 10.6 Å². The first-order chi connectivity index (χ1) is 13.0. The predicted octanol–water partition coefficient (Wildman–Crippen LogP) is 3.62. The number of fused-ring (bicyclic) bond motifs is 1. The number of H-pyrrole nitrogens is 1. The van der Waals surface area contributed by atoms with Gasteiger partial charge in [0.25, 0.3) is 0 Å². The second-order valence-corrected chi connectivity index (χ2v) is 7.72. The number of guanidine groups is 1. The Morgan fingerprint density at radius 3 is 2.78 bits per heavy atom. The average Bonchev–Trinajstić information content (AvgIpc) is 3.04. The number of aromatic nitrogens is 1. The summed E-state index contributed by atoms with van der Waals surface area (Å²) in [6, 6.07) is 6.43. The Hall–Kier alpha value is -2.01. The van der Waals surface area contributed by atoms with E-state index in [1.807, 2.05) is 0 Å². The molecule has 0 aliphatic rings. The molecule has 150 valence electrons. The SMILES string of the molecule is CCNC(=NCC(CCO)CC(C)C)NCCc1c[nH]c2c(C)cccc12. The first kappa shape index (κ1) is 21.3. The van der Waals surface area contributed by atoms with Crippen molar-refractivity contribution in [1.29, 1.82) is 0 Å². The summed E-state index contributed by atoms with van der Waals surface area (Å²) in [6.45, 7) is 11.3. The summed E-state index contributed by atoms with van der Waals surface area (Å²) in [5, 5.41) is 17.4. The molecule has 0 saturated carbocycles. The van der Waals surface area contributed by atoms with Crippen LogP contribution in [0.25, 0.3) is 10.9 Å². The van der Waals surface area contributed by atoms with Crippen LogP contribution in [0.5, 0.6) is 0 Å². The number of aliphatic hydroxyl groups is 1. The first-order valence-corrected chi connectivity index (χ1v) is 10.2. The van der Waals surface area contributed by atoms with Crippen LogP contribution in [-0.2, 0) is 6.42 Å². The number of benzene rings is 1. The quantitative estimate of drug-likeness (QED) is 0.380. The number of para-hydroxylation sites is 1. The lowest BCUT2D eigenvalue weighted by Crippen LogP contribution is -2.38. The Morgan fingerprint density at radius 2 is 2.07 bits per heavy atom. The zero-order valence-corrected chi connectivity index (χ0v) is 17.3. The third-order valence-electron chi connectivity index (χ3n) is 4.89. The van der Waals surface area contributed by atoms with Gasteiger partial charge in [0, 0.05) is 43.3 Å². The predicted molar refractivity (Wildman–Crippen MR) is 115 cm³/mol. The maximum Gasteiger partial charge on any atom is 0.191 e. The maximum atomic E-state index is 9.29. The van der Waals surface area contributed by atoms with E-state index >= 15 is 0 Å². The average molecular weight is 373 g/mol. The van der Waals surface area contributed by atoms with Gasteiger partial charge in [0.05, 0.1) is 0 Å². The number of hydrogen-bond acceptors (Lipinski definition) is 2. The fourth-order valence-corrected chi connectivity index (χ4v) is 3.58. The molecule has 1 heterocycles. The van der Waals surface area contributed by atoms with Crippen LogP contribution in [0.2, 0.25) is 0 Å². The van der Waals surface area contributed by atoms with Gasteiger partial charge in [-0.1, -0.05) is 32.0 Å². The Kier molecular flexibility index (Phi) is 8.65. The molecule has 2 aromatic rings. The molecule has 0 aliphatic carbocycles. The van der Waals surface area contributed by atoms with Gasteiger partial charge in [-0.25, -0.2) is 0 Å². The van der Waals surface area contributed by atoms with Crippen LogP contribution in [0.1, 0.15) is 44.7 Å². The van der Waals surface area contributed by atoms with Crippen molar-refractivity contribution < 1.29 is 5.11 Å². The topological polar surface area (TPSA) is 72.4 Å². The van der Waals surface area contributed by atoms with Crippen molar-refractivity contribution in [3.63, 3.8) is 0 Å². The van der Waals surface area contributed by atoms with Gasteiger partial charge in [0.2, 0.25) is 0 Å². The third-order valence-corrected chi connectivity index (χ3v) is 4.89. The van der Waals surface area contributed by atoms with E-state index in [1.165, 1.54) is 22.0 Å². The minimum Gasteiger partial charge on any atom is -0.396 e.